The summed E-state index contributed by atoms with van der Waals surface area (Å²) in [6, 6.07) is 0. The Bertz CT molecular complexity index is 544. The van der Waals surface area contributed by atoms with Crippen molar-refractivity contribution in [2.45, 2.75) is 65.6 Å². The second-order valence-corrected chi connectivity index (χ2v) is 7.39. The van der Waals surface area contributed by atoms with E-state index in [9.17, 15) is 0 Å². The minimum atomic E-state index is -0.391. The van der Waals surface area contributed by atoms with E-state index >= 15 is 0 Å². The molecule has 0 atom stereocenters. The Hall–Kier alpha value is -1.14. The molecule has 0 saturated carbocycles. The Balaban J connectivity index is 1.92. The second-order valence-electron chi connectivity index (χ2n) is 7.39. The molecular weight excluding hydrogens is 277 g/mol. The lowest BCUT2D eigenvalue weighted by atomic mass is 9.76. The van der Waals surface area contributed by atoms with Crippen molar-refractivity contribution in [3.8, 4) is 0 Å². The molecule has 0 N–H and O–H groups in total. The molecule has 2 saturated heterocycles. The van der Waals surface area contributed by atoms with E-state index in [0.29, 0.717) is 0 Å². The van der Waals surface area contributed by atoms with Gasteiger partial charge in [-0.15, -0.1) is 0 Å². The predicted octanol–water partition coefficient (Wildman–Crippen LogP) is 1.99. The SMILES string of the molecule is Cc1nc(N2CCCC2)nc(C)c1B1OC(C)(C)C(C)(C)O1. The van der Waals surface area contributed by atoms with E-state index in [1.54, 1.807) is 0 Å². The number of hydrogen-bond donors (Lipinski definition) is 0. The molecule has 0 amide bonds. The van der Waals surface area contributed by atoms with Crippen molar-refractivity contribution < 1.29 is 9.31 Å². The maximum atomic E-state index is 6.16. The summed E-state index contributed by atoms with van der Waals surface area (Å²) in [4.78, 5) is 11.7. The van der Waals surface area contributed by atoms with Crippen molar-refractivity contribution in [2.24, 2.45) is 0 Å². The van der Waals surface area contributed by atoms with Crippen LogP contribution in [0.15, 0.2) is 0 Å². The van der Waals surface area contributed by atoms with Gasteiger partial charge in [-0.1, -0.05) is 0 Å². The van der Waals surface area contributed by atoms with Gasteiger partial charge in [-0.25, -0.2) is 9.97 Å². The largest absolute Gasteiger partial charge is 0.498 e. The lowest BCUT2D eigenvalue weighted by Crippen LogP contribution is -2.41. The summed E-state index contributed by atoms with van der Waals surface area (Å²) in [5, 5.41) is 0. The summed E-state index contributed by atoms with van der Waals surface area (Å²) in [7, 11) is -0.391. The highest BCUT2D eigenvalue weighted by molar-refractivity contribution is 6.63. The van der Waals surface area contributed by atoms with Crippen LogP contribution in [-0.2, 0) is 9.31 Å². The Morgan fingerprint density at radius 1 is 0.909 bits per heavy atom. The molecule has 3 rings (SSSR count). The minimum Gasteiger partial charge on any atom is -0.399 e. The number of nitrogens with zero attached hydrogens (tertiary/aromatic N) is 3. The lowest BCUT2D eigenvalue weighted by Gasteiger charge is -2.32. The third-order valence-corrected chi connectivity index (χ3v) is 5.19. The van der Waals surface area contributed by atoms with Crippen molar-refractivity contribution in [1.29, 1.82) is 0 Å². The number of anilines is 1. The van der Waals surface area contributed by atoms with Crippen LogP contribution in [0.3, 0.4) is 0 Å². The van der Waals surface area contributed by atoms with Gasteiger partial charge >= 0.3 is 7.12 Å². The summed E-state index contributed by atoms with van der Waals surface area (Å²) >= 11 is 0. The van der Waals surface area contributed by atoms with Crippen molar-refractivity contribution >= 4 is 18.5 Å². The minimum absolute atomic E-state index is 0.343. The molecule has 3 heterocycles. The molecule has 0 bridgehead atoms. The highest BCUT2D eigenvalue weighted by atomic mass is 16.7. The topological polar surface area (TPSA) is 47.5 Å². The van der Waals surface area contributed by atoms with Crippen LogP contribution in [0.4, 0.5) is 5.95 Å². The van der Waals surface area contributed by atoms with Crippen LogP contribution in [0.2, 0.25) is 0 Å². The molecule has 0 aromatic carbocycles. The van der Waals surface area contributed by atoms with Crippen molar-refractivity contribution in [3.63, 3.8) is 0 Å². The fraction of sp³-hybridized carbons (Fsp3) is 0.750. The first-order chi connectivity index (χ1) is 10.2. The van der Waals surface area contributed by atoms with E-state index in [2.05, 4.69) is 32.6 Å². The molecule has 0 spiro atoms. The highest BCUT2D eigenvalue weighted by Gasteiger charge is 2.52. The van der Waals surface area contributed by atoms with Crippen LogP contribution in [0.1, 0.15) is 51.9 Å². The van der Waals surface area contributed by atoms with Gasteiger partial charge in [0, 0.05) is 29.9 Å². The Labute approximate surface area is 133 Å². The zero-order chi connectivity index (χ0) is 16.1. The summed E-state index contributed by atoms with van der Waals surface area (Å²) in [5.41, 5.74) is 2.19. The van der Waals surface area contributed by atoms with E-state index in [1.165, 1.54) is 12.8 Å². The van der Waals surface area contributed by atoms with Gasteiger partial charge in [-0.05, 0) is 54.4 Å². The molecule has 0 radical (unpaired) electrons. The molecule has 2 fully saturated rings. The first-order valence-corrected chi connectivity index (χ1v) is 8.17. The summed E-state index contributed by atoms with van der Waals surface area (Å²) in [5.74, 6) is 0.841. The Kier molecular flexibility index (Phi) is 3.72. The van der Waals surface area contributed by atoms with Crippen LogP contribution >= 0.6 is 0 Å². The fourth-order valence-electron chi connectivity index (χ4n) is 3.07. The molecule has 5 nitrogen and oxygen atoms in total. The zero-order valence-corrected chi connectivity index (χ0v) is 14.6. The molecule has 0 aliphatic carbocycles. The molecule has 22 heavy (non-hydrogen) atoms. The van der Waals surface area contributed by atoms with E-state index in [-0.39, 0.29) is 11.2 Å². The molecule has 2 aliphatic rings. The molecule has 6 heteroatoms. The van der Waals surface area contributed by atoms with Gasteiger partial charge in [-0.2, -0.15) is 0 Å². The number of aromatic nitrogens is 2. The maximum absolute atomic E-state index is 6.16. The van der Waals surface area contributed by atoms with Gasteiger partial charge in [0.1, 0.15) is 0 Å². The first-order valence-electron chi connectivity index (χ1n) is 8.17. The van der Waals surface area contributed by atoms with Crippen molar-refractivity contribution in [3.05, 3.63) is 11.4 Å². The monoisotopic (exact) mass is 303 g/mol. The normalized spacial score (nSPS) is 23.4. The van der Waals surface area contributed by atoms with Gasteiger partial charge in [0.25, 0.3) is 0 Å². The molecule has 1 aromatic rings. The predicted molar refractivity (Wildman–Crippen MR) is 88.7 cm³/mol. The fourth-order valence-corrected chi connectivity index (χ4v) is 3.07. The third kappa shape index (κ3) is 2.52. The van der Waals surface area contributed by atoms with E-state index < -0.39 is 7.12 Å². The summed E-state index contributed by atoms with van der Waals surface area (Å²) in [6.07, 6.45) is 2.45. The van der Waals surface area contributed by atoms with Crippen LogP contribution < -0.4 is 10.4 Å². The van der Waals surface area contributed by atoms with E-state index in [1.807, 2.05) is 13.8 Å². The molecule has 120 valence electrons. The van der Waals surface area contributed by atoms with Gasteiger partial charge in [0.15, 0.2) is 0 Å². The van der Waals surface area contributed by atoms with Gasteiger partial charge in [-0.3, -0.25) is 0 Å². The number of hydrogen-bond acceptors (Lipinski definition) is 5. The van der Waals surface area contributed by atoms with Gasteiger partial charge in [0.2, 0.25) is 5.95 Å². The number of aryl methyl sites for hydroxylation is 2. The van der Waals surface area contributed by atoms with Gasteiger partial charge < -0.3 is 14.2 Å². The van der Waals surface area contributed by atoms with Crippen LogP contribution in [0, 0.1) is 13.8 Å². The molecule has 0 unspecified atom stereocenters. The quantitative estimate of drug-likeness (QED) is 0.782. The van der Waals surface area contributed by atoms with Crippen LogP contribution in [0.5, 0.6) is 0 Å². The number of rotatable bonds is 2. The average molecular weight is 303 g/mol. The van der Waals surface area contributed by atoms with E-state index in [0.717, 1.165) is 35.9 Å². The molecular formula is C16H26BN3O2. The average Bonchev–Trinajstić information content (AvgIpc) is 2.95. The lowest BCUT2D eigenvalue weighted by molar-refractivity contribution is 0.00578. The highest BCUT2D eigenvalue weighted by Crippen LogP contribution is 2.36. The summed E-state index contributed by atoms with van der Waals surface area (Å²) in [6.45, 7) is 14.4. The second kappa shape index (κ2) is 5.20. The van der Waals surface area contributed by atoms with Crippen molar-refractivity contribution in [1.82, 2.24) is 9.97 Å². The summed E-state index contributed by atoms with van der Waals surface area (Å²) < 4.78 is 12.3. The molecule has 2 aliphatic heterocycles. The smallest absolute Gasteiger partial charge is 0.399 e. The zero-order valence-electron chi connectivity index (χ0n) is 14.6. The first kappa shape index (κ1) is 15.7. The van der Waals surface area contributed by atoms with Crippen molar-refractivity contribution in [2.75, 3.05) is 18.0 Å². The van der Waals surface area contributed by atoms with Crippen LogP contribution in [-0.4, -0.2) is 41.4 Å². The van der Waals surface area contributed by atoms with E-state index in [4.69, 9.17) is 19.3 Å². The van der Waals surface area contributed by atoms with Crippen LogP contribution in [0.25, 0.3) is 0 Å². The van der Waals surface area contributed by atoms with Gasteiger partial charge in [0.05, 0.1) is 11.2 Å². The third-order valence-electron chi connectivity index (χ3n) is 5.19. The Morgan fingerprint density at radius 3 is 1.82 bits per heavy atom. The Morgan fingerprint density at radius 2 is 1.36 bits per heavy atom. The maximum Gasteiger partial charge on any atom is 0.498 e. The molecule has 1 aromatic heterocycles. The standard InChI is InChI=1S/C16H26BN3O2/c1-11-13(17-21-15(3,4)16(5,6)22-17)12(2)19-14(18-11)20-9-7-8-10-20/h7-10H2,1-6H3.